The Balaban J connectivity index is 0.000000177. The molecule has 0 amide bonds. The highest BCUT2D eigenvalue weighted by molar-refractivity contribution is 9.11. The fourth-order valence-electron chi connectivity index (χ4n) is 8.29. The first-order valence-corrected chi connectivity index (χ1v) is 26.8. The van der Waals surface area contributed by atoms with Crippen molar-refractivity contribution in [1.29, 1.82) is 0 Å². The number of rotatable bonds is 18. The molecule has 0 saturated carbocycles. The van der Waals surface area contributed by atoms with Gasteiger partial charge in [-0.05, 0) is 103 Å². The van der Waals surface area contributed by atoms with Gasteiger partial charge in [0.05, 0.1) is 60.2 Å². The van der Waals surface area contributed by atoms with Crippen molar-refractivity contribution in [1.82, 2.24) is 29.7 Å². The number of benzene rings is 4. The van der Waals surface area contributed by atoms with E-state index in [2.05, 4.69) is 72.2 Å². The summed E-state index contributed by atoms with van der Waals surface area (Å²) in [4.78, 5) is 45.2. The number of ketones is 1. The molecule has 77 heavy (non-hydrogen) atoms. The van der Waals surface area contributed by atoms with Gasteiger partial charge in [-0.1, -0.05) is 66.7 Å². The molecule has 10 rings (SSSR count). The van der Waals surface area contributed by atoms with Gasteiger partial charge < -0.3 is 35.3 Å². The molecule has 0 radical (unpaired) electrons. The van der Waals surface area contributed by atoms with Crippen LogP contribution in [0.1, 0.15) is 16.7 Å². The van der Waals surface area contributed by atoms with E-state index >= 15 is 4.39 Å². The van der Waals surface area contributed by atoms with Crippen LogP contribution in [0.15, 0.2) is 143 Å². The molecule has 2 saturated heterocycles. The maximum absolute atomic E-state index is 15.0. The summed E-state index contributed by atoms with van der Waals surface area (Å²) in [6.07, 6.45) is 7.48. The number of nitrogens with two attached hydrogens (primary N) is 1. The summed E-state index contributed by atoms with van der Waals surface area (Å²) in [5, 5.41) is 7.39. The molecular weight excluding hydrogens is 1140 g/mol. The number of nitrogens with one attached hydrogen (secondary N) is 2. The van der Waals surface area contributed by atoms with Gasteiger partial charge in [0.1, 0.15) is 39.6 Å². The maximum Gasteiger partial charge on any atom is 0.230 e. The van der Waals surface area contributed by atoms with Crippen LogP contribution >= 0.6 is 43.5 Å². The van der Waals surface area contributed by atoms with Crippen LogP contribution in [0.4, 0.5) is 37.2 Å². The summed E-state index contributed by atoms with van der Waals surface area (Å²) < 4.78 is 53.0. The molecule has 400 valence electrons. The van der Waals surface area contributed by atoms with Crippen LogP contribution in [0.25, 0.3) is 21.8 Å². The van der Waals surface area contributed by atoms with E-state index in [4.69, 9.17) is 36.3 Å². The lowest BCUT2D eigenvalue weighted by Crippen LogP contribution is -2.38. The van der Waals surface area contributed by atoms with Crippen LogP contribution in [-0.2, 0) is 38.3 Å². The van der Waals surface area contributed by atoms with Crippen molar-refractivity contribution in [2.24, 2.45) is 0 Å². The van der Waals surface area contributed by atoms with Gasteiger partial charge in [0.15, 0.2) is 0 Å². The predicted molar refractivity (Wildman–Crippen MR) is 304 cm³/mol. The summed E-state index contributed by atoms with van der Waals surface area (Å²) >= 11 is 12.3. The van der Waals surface area contributed by atoms with E-state index in [9.17, 15) is 14.0 Å². The number of morpholine rings is 2. The monoisotopic (exact) mass is 1190 g/mol. The first-order chi connectivity index (χ1) is 37.5. The second kappa shape index (κ2) is 28.6. The highest BCUT2D eigenvalue weighted by Gasteiger charge is 2.18. The molecule has 2 fully saturated rings. The summed E-state index contributed by atoms with van der Waals surface area (Å²) in [7, 11) is 0. The Hall–Kier alpha value is -6.71. The van der Waals surface area contributed by atoms with Gasteiger partial charge in [0, 0.05) is 99.8 Å². The lowest BCUT2D eigenvalue weighted by atomic mass is 10.0. The van der Waals surface area contributed by atoms with Crippen LogP contribution in [0.2, 0.25) is 0 Å². The Morgan fingerprint density at radius 1 is 0.584 bits per heavy atom. The number of pyridine rings is 4. The molecular formula is C57H56Br2ClF2N9O6. The number of nitrogens with zero attached hydrogens (tertiary/aromatic N) is 6. The molecule has 8 aromatic rings. The average Bonchev–Trinajstić information content (AvgIpc) is 3.43. The van der Waals surface area contributed by atoms with E-state index in [1.807, 2.05) is 60.7 Å². The fourth-order valence-corrected chi connectivity index (χ4v) is 9.51. The van der Waals surface area contributed by atoms with E-state index in [1.165, 1.54) is 12.1 Å². The Bertz CT molecular complexity index is 3250. The van der Waals surface area contributed by atoms with Gasteiger partial charge in [0.2, 0.25) is 17.0 Å². The van der Waals surface area contributed by atoms with Crippen molar-refractivity contribution in [3.05, 3.63) is 171 Å². The number of hydrogen-bond donors (Lipinski definition) is 3. The van der Waals surface area contributed by atoms with Crippen LogP contribution in [0.5, 0.6) is 11.8 Å². The van der Waals surface area contributed by atoms with Gasteiger partial charge in [-0.3, -0.25) is 29.4 Å². The molecule has 4 aromatic heterocycles. The first kappa shape index (κ1) is 56.5. The van der Waals surface area contributed by atoms with Crippen molar-refractivity contribution in [3.63, 3.8) is 0 Å². The van der Waals surface area contributed by atoms with Crippen molar-refractivity contribution >= 4 is 105 Å². The molecule has 0 aliphatic carbocycles. The van der Waals surface area contributed by atoms with Gasteiger partial charge in [0.25, 0.3) is 0 Å². The summed E-state index contributed by atoms with van der Waals surface area (Å²) in [5.41, 5.74) is 11.9. The Morgan fingerprint density at radius 2 is 1.04 bits per heavy atom. The zero-order chi connectivity index (χ0) is 53.9. The molecule has 0 spiro atoms. The van der Waals surface area contributed by atoms with Crippen molar-refractivity contribution in [3.8, 4) is 11.8 Å². The Kier molecular flexibility index (Phi) is 21.0. The average molecular weight is 1200 g/mol. The number of carbonyl (C=O) groups is 2. The summed E-state index contributed by atoms with van der Waals surface area (Å²) in [6, 6.07) is 31.9. The van der Waals surface area contributed by atoms with Gasteiger partial charge in [-0.2, -0.15) is 0 Å². The third-order valence-electron chi connectivity index (χ3n) is 12.3. The largest absolute Gasteiger partial charge is 0.475 e. The molecule has 20 heteroatoms. The Labute approximate surface area is 466 Å². The van der Waals surface area contributed by atoms with Crippen LogP contribution < -0.4 is 25.8 Å². The molecule has 2 aliphatic rings. The molecule has 4 N–H and O–H groups in total. The quantitative estimate of drug-likeness (QED) is 0.0545. The SMILES string of the molecule is Nc1ccc(Nc2ccnc3c(Br)c(OCCN4CCOCC4)ncc23)c(F)c1.O=C(Cc1ccccc1)Cc1ccc(Nc2ccnc3c(Br)c(OCCN4CCOCC4)ncc23)c(F)c1.O=C(Cl)Cc1ccccc1. The Morgan fingerprint density at radius 3 is 1.51 bits per heavy atom. The van der Waals surface area contributed by atoms with Crippen LogP contribution in [-0.4, -0.2) is 120 Å². The maximum atomic E-state index is 15.0. The lowest BCUT2D eigenvalue weighted by Gasteiger charge is -2.26. The highest BCUT2D eigenvalue weighted by atomic mass is 79.9. The number of hydrogen-bond acceptors (Lipinski definition) is 15. The van der Waals surface area contributed by atoms with Crippen LogP contribution in [0, 0.1) is 11.6 Å². The molecule has 0 atom stereocenters. The first-order valence-electron chi connectivity index (χ1n) is 24.8. The number of anilines is 5. The number of carbonyl (C=O) groups excluding carboxylic acids is 2. The smallest absolute Gasteiger partial charge is 0.230 e. The zero-order valence-electron chi connectivity index (χ0n) is 41.9. The molecule has 15 nitrogen and oxygen atoms in total. The van der Waals surface area contributed by atoms with E-state index in [-0.39, 0.29) is 17.4 Å². The third kappa shape index (κ3) is 16.6. The van der Waals surface area contributed by atoms with E-state index in [1.54, 1.807) is 61.2 Å². The minimum Gasteiger partial charge on any atom is -0.475 e. The molecule has 0 bridgehead atoms. The van der Waals surface area contributed by atoms with Crippen molar-refractivity contribution in [2.75, 3.05) is 95.3 Å². The van der Waals surface area contributed by atoms with Crippen molar-refractivity contribution in [2.45, 2.75) is 19.3 Å². The summed E-state index contributed by atoms with van der Waals surface area (Å²) in [5.74, 6) is 0.121. The minimum absolute atomic E-state index is 0.0373. The van der Waals surface area contributed by atoms with E-state index in [0.29, 0.717) is 91.8 Å². The van der Waals surface area contributed by atoms with Crippen molar-refractivity contribution < 1.29 is 37.3 Å². The van der Waals surface area contributed by atoms with Crippen LogP contribution in [0.3, 0.4) is 0 Å². The number of nitrogen functional groups attached to an aromatic ring is 1. The highest BCUT2D eigenvalue weighted by Crippen LogP contribution is 2.36. The molecule has 0 unspecified atom stereocenters. The predicted octanol–water partition coefficient (Wildman–Crippen LogP) is 10.9. The molecule has 2 aliphatic heterocycles. The lowest BCUT2D eigenvalue weighted by molar-refractivity contribution is -0.117. The van der Waals surface area contributed by atoms with Gasteiger partial charge in [-0.25, -0.2) is 18.7 Å². The number of aromatic nitrogens is 4. The zero-order valence-corrected chi connectivity index (χ0v) is 45.8. The van der Waals surface area contributed by atoms with Gasteiger partial charge >= 0.3 is 0 Å². The molecule has 6 heterocycles. The normalized spacial score (nSPS) is 13.7. The summed E-state index contributed by atoms with van der Waals surface area (Å²) in [6.45, 7) is 9.23. The number of halogens is 5. The number of Topliss-reactive ketones (excluding diaryl/α,β-unsaturated/α-hetero) is 1. The van der Waals surface area contributed by atoms with Gasteiger partial charge in [-0.15, -0.1) is 0 Å². The topological polar surface area (TPSA) is 179 Å². The van der Waals surface area contributed by atoms with E-state index < -0.39 is 11.6 Å². The second-order valence-electron chi connectivity index (χ2n) is 17.8. The number of ether oxygens (including phenoxy) is 4. The third-order valence-corrected chi connectivity index (χ3v) is 13.9. The fraction of sp³-hybridized carbons (Fsp3) is 0.263. The minimum atomic E-state index is -0.435. The van der Waals surface area contributed by atoms with E-state index in [0.717, 1.165) is 87.6 Å². The second-order valence-corrected chi connectivity index (χ2v) is 19.8. The number of fused-ring (bicyclic) bond motifs is 2. The molecule has 4 aromatic carbocycles. The standard InChI is InChI=1S/C29H28BrFN4O3.C20H21BrFN5O2.C8H7ClO/c30-27-28-23(19-33-29(27)38-15-12-35-10-13-37-14-11-35)25(8-9-32-28)34-26-7-6-21(18-24(26)31)17-22(36)16-20-4-2-1-3-5-20;21-18-19-14(12-25-20(18)29-10-7-27-5-8-28-9-6-27)16(3-4-24-19)26-17-2-1-13(23)11-15(17)22;9-8(10)6-7-4-2-1-3-5-7/h1-9,18-19H,10-17H2,(H,32,34);1-4,11-12H,5-10,23H2,(H,24,26);1-5H,6H2.